The fraction of sp³-hybridized carbons (Fsp3) is 0.214. The van der Waals surface area contributed by atoms with E-state index in [1.165, 1.54) is 0 Å². The molecular formula is C14H14BrClN2O. The summed E-state index contributed by atoms with van der Waals surface area (Å²) >= 11 is 9.43. The molecule has 1 N–H and O–H groups in total. The Morgan fingerprint density at radius 1 is 1.21 bits per heavy atom. The minimum atomic E-state index is 0.631. The summed E-state index contributed by atoms with van der Waals surface area (Å²) in [6.07, 6.45) is 1.74. The smallest absolute Gasteiger partial charge is 0.213 e. The summed E-state index contributed by atoms with van der Waals surface area (Å²) in [5.74, 6) is 0.631. The summed E-state index contributed by atoms with van der Waals surface area (Å²) < 4.78 is 6.00. The van der Waals surface area contributed by atoms with Gasteiger partial charge >= 0.3 is 0 Å². The van der Waals surface area contributed by atoms with Crippen LogP contribution in [-0.4, -0.2) is 12.1 Å². The molecule has 0 atom stereocenters. The van der Waals surface area contributed by atoms with Gasteiger partial charge in [0.2, 0.25) is 5.88 Å². The first-order valence-electron chi connectivity index (χ1n) is 5.82. The fourth-order valence-corrected chi connectivity index (χ4v) is 2.12. The largest absolute Gasteiger partial charge is 0.481 e. The Hall–Kier alpha value is -1.10. The van der Waals surface area contributed by atoms with Gasteiger partial charge in [-0.15, -0.1) is 0 Å². The molecule has 0 fully saturated rings. The SMILES string of the molecule is COc1cc(CNCc2ccc(Br)c(Cl)c2)ccn1. The molecule has 0 radical (unpaired) electrons. The van der Waals surface area contributed by atoms with Gasteiger partial charge in [0, 0.05) is 29.8 Å². The van der Waals surface area contributed by atoms with Crippen LogP contribution in [0.3, 0.4) is 0 Å². The van der Waals surface area contributed by atoms with Crippen molar-refractivity contribution in [3.8, 4) is 5.88 Å². The van der Waals surface area contributed by atoms with Gasteiger partial charge in [-0.1, -0.05) is 17.7 Å². The molecule has 1 heterocycles. The van der Waals surface area contributed by atoms with E-state index >= 15 is 0 Å². The monoisotopic (exact) mass is 340 g/mol. The van der Waals surface area contributed by atoms with Crippen molar-refractivity contribution in [1.82, 2.24) is 10.3 Å². The lowest BCUT2D eigenvalue weighted by Gasteiger charge is -2.07. The maximum absolute atomic E-state index is 6.05. The lowest BCUT2D eigenvalue weighted by atomic mass is 10.2. The van der Waals surface area contributed by atoms with Crippen LogP contribution in [0.4, 0.5) is 0 Å². The number of aromatic nitrogens is 1. The molecular weight excluding hydrogens is 328 g/mol. The highest BCUT2D eigenvalue weighted by molar-refractivity contribution is 9.10. The summed E-state index contributed by atoms with van der Waals surface area (Å²) in [7, 11) is 1.61. The van der Waals surface area contributed by atoms with E-state index in [0.717, 1.165) is 33.7 Å². The van der Waals surface area contributed by atoms with Gasteiger partial charge in [0.15, 0.2) is 0 Å². The van der Waals surface area contributed by atoms with Gasteiger partial charge in [-0.25, -0.2) is 4.98 Å². The number of methoxy groups -OCH3 is 1. The molecule has 1 aromatic heterocycles. The van der Waals surface area contributed by atoms with Crippen LogP contribution in [0.5, 0.6) is 5.88 Å². The molecule has 0 aliphatic carbocycles. The van der Waals surface area contributed by atoms with E-state index in [1.54, 1.807) is 13.3 Å². The number of nitrogens with zero attached hydrogens (tertiary/aromatic N) is 1. The Kier molecular flexibility index (Phi) is 5.19. The van der Waals surface area contributed by atoms with Crippen LogP contribution in [0, 0.1) is 0 Å². The average Bonchev–Trinajstić information content (AvgIpc) is 2.43. The maximum Gasteiger partial charge on any atom is 0.213 e. The van der Waals surface area contributed by atoms with E-state index in [4.69, 9.17) is 16.3 Å². The zero-order chi connectivity index (χ0) is 13.7. The molecule has 0 spiro atoms. The van der Waals surface area contributed by atoms with Gasteiger partial charge in [-0.2, -0.15) is 0 Å². The number of pyridine rings is 1. The van der Waals surface area contributed by atoms with Crippen molar-refractivity contribution >= 4 is 27.5 Å². The highest BCUT2D eigenvalue weighted by Gasteiger charge is 2.00. The summed E-state index contributed by atoms with van der Waals surface area (Å²) in [6.45, 7) is 1.52. The molecule has 0 amide bonds. The second kappa shape index (κ2) is 6.89. The highest BCUT2D eigenvalue weighted by atomic mass is 79.9. The third-order valence-electron chi connectivity index (χ3n) is 2.65. The molecule has 5 heteroatoms. The van der Waals surface area contributed by atoms with Crippen molar-refractivity contribution in [2.24, 2.45) is 0 Å². The van der Waals surface area contributed by atoms with Gasteiger partial charge in [-0.05, 0) is 45.3 Å². The van der Waals surface area contributed by atoms with Crippen LogP contribution < -0.4 is 10.1 Å². The number of halogens is 2. The summed E-state index contributed by atoms with van der Waals surface area (Å²) in [4.78, 5) is 4.07. The number of ether oxygens (including phenoxy) is 1. The van der Waals surface area contributed by atoms with E-state index in [0.29, 0.717) is 5.88 Å². The quantitative estimate of drug-likeness (QED) is 0.898. The molecule has 19 heavy (non-hydrogen) atoms. The second-order valence-corrected chi connectivity index (χ2v) is 5.32. The molecule has 0 aliphatic rings. The number of hydrogen-bond donors (Lipinski definition) is 1. The van der Waals surface area contributed by atoms with Crippen molar-refractivity contribution < 1.29 is 4.74 Å². The number of benzene rings is 1. The Labute approximate surface area is 126 Å². The fourth-order valence-electron chi connectivity index (χ4n) is 1.67. The highest BCUT2D eigenvalue weighted by Crippen LogP contribution is 2.23. The van der Waals surface area contributed by atoms with Gasteiger partial charge in [0.05, 0.1) is 12.1 Å². The van der Waals surface area contributed by atoms with Crippen molar-refractivity contribution in [2.45, 2.75) is 13.1 Å². The lowest BCUT2D eigenvalue weighted by Crippen LogP contribution is -2.12. The van der Waals surface area contributed by atoms with E-state index in [1.807, 2.05) is 30.3 Å². The number of hydrogen-bond acceptors (Lipinski definition) is 3. The number of nitrogens with one attached hydrogen (secondary N) is 1. The molecule has 1 aromatic carbocycles. The molecule has 2 rings (SSSR count). The van der Waals surface area contributed by atoms with Gasteiger partial charge in [0.25, 0.3) is 0 Å². The standard InChI is InChI=1S/C14H14BrClN2O/c1-19-14-7-11(4-5-18-14)9-17-8-10-2-3-12(15)13(16)6-10/h2-7,17H,8-9H2,1H3. The van der Waals surface area contributed by atoms with Crippen LogP contribution in [0.1, 0.15) is 11.1 Å². The minimum absolute atomic E-state index is 0.631. The van der Waals surface area contributed by atoms with Gasteiger partial charge in [0.1, 0.15) is 0 Å². The molecule has 0 saturated heterocycles. The maximum atomic E-state index is 6.05. The van der Waals surface area contributed by atoms with E-state index in [9.17, 15) is 0 Å². The summed E-state index contributed by atoms with van der Waals surface area (Å²) in [6, 6.07) is 9.82. The Bertz CT molecular complexity index is 563. The summed E-state index contributed by atoms with van der Waals surface area (Å²) in [5, 5.41) is 4.09. The third kappa shape index (κ3) is 4.20. The van der Waals surface area contributed by atoms with E-state index < -0.39 is 0 Å². The zero-order valence-corrected chi connectivity index (χ0v) is 12.8. The van der Waals surface area contributed by atoms with Gasteiger partial charge < -0.3 is 10.1 Å². The van der Waals surface area contributed by atoms with Crippen LogP contribution >= 0.6 is 27.5 Å². The molecule has 0 aliphatic heterocycles. The summed E-state index contributed by atoms with van der Waals surface area (Å²) in [5.41, 5.74) is 2.28. The third-order valence-corrected chi connectivity index (χ3v) is 3.88. The second-order valence-electron chi connectivity index (χ2n) is 4.06. The molecule has 100 valence electrons. The molecule has 3 nitrogen and oxygen atoms in total. The normalized spacial score (nSPS) is 10.5. The van der Waals surface area contributed by atoms with Crippen LogP contribution in [0.25, 0.3) is 0 Å². The van der Waals surface area contributed by atoms with Gasteiger partial charge in [-0.3, -0.25) is 0 Å². The topological polar surface area (TPSA) is 34.1 Å². The lowest BCUT2D eigenvalue weighted by molar-refractivity contribution is 0.397. The molecule has 0 bridgehead atoms. The predicted molar refractivity (Wildman–Crippen MR) is 80.5 cm³/mol. The molecule has 2 aromatic rings. The number of rotatable bonds is 5. The van der Waals surface area contributed by atoms with Crippen molar-refractivity contribution in [1.29, 1.82) is 0 Å². The van der Waals surface area contributed by atoms with Crippen molar-refractivity contribution in [3.05, 3.63) is 57.2 Å². The van der Waals surface area contributed by atoms with Crippen molar-refractivity contribution in [2.75, 3.05) is 7.11 Å². The Morgan fingerprint density at radius 3 is 2.63 bits per heavy atom. The Balaban J connectivity index is 1.90. The van der Waals surface area contributed by atoms with Crippen LogP contribution in [0.2, 0.25) is 5.02 Å². The van der Waals surface area contributed by atoms with Crippen LogP contribution in [0.15, 0.2) is 41.0 Å². The molecule has 0 unspecified atom stereocenters. The molecule has 0 saturated carbocycles. The first kappa shape index (κ1) is 14.3. The van der Waals surface area contributed by atoms with E-state index in [2.05, 4.69) is 26.2 Å². The Morgan fingerprint density at radius 2 is 1.95 bits per heavy atom. The average molecular weight is 342 g/mol. The van der Waals surface area contributed by atoms with E-state index in [-0.39, 0.29) is 0 Å². The minimum Gasteiger partial charge on any atom is -0.481 e. The van der Waals surface area contributed by atoms with Crippen LogP contribution in [-0.2, 0) is 13.1 Å². The van der Waals surface area contributed by atoms with Crippen molar-refractivity contribution in [3.63, 3.8) is 0 Å². The predicted octanol–water partition coefficient (Wildman–Crippen LogP) is 3.80. The zero-order valence-electron chi connectivity index (χ0n) is 10.5. The first-order valence-corrected chi connectivity index (χ1v) is 6.99. The first-order chi connectivity index (χ1) is 9.19.